The first kappa shape index (κ1) is 11.1. The SMILES string of the molecule is COc1ccc(N2CSCC2=O)c(OC)c1. The van der Waals surface area contributed by atoms with Crippen LogP contribution >= 0.6 is 11.8 Å². The number of hydrogen-bond donors (Lipinski definition) is 0. The lowest BCUT2D eigenvalue weighted by atomic mass is 10.2. The van der Waals surface area contributed by atoms with Crippen molar-refractivity contribution in [3.05, 3.63) is 18.2 Å². The Bertz CT molecular complexity index is 408. The first-order valence-electron chi connectivity index (χ1n) is 4.86. The first-order chi connectivity index (χ1) is 7.76. The van der Waals surface area contributed by atoms with Gasteiger partial charge in [0.05, 0.1) is 31.5 Å². The monoisotopic (exact) mass is 239 g/mol. The van der Waals surface area contributed by atoms with Crippen LogP contribution in [0.1, 0.15) is 0 Å². The normalized spacial score (nSPS) is 15.4. The van der Waals surface area contributed by atoms with Gasteiger partial charge in [-0.05, 0) is 12.1 Å². The molecule has 0 bridgehead atoms. The summed E-state index contributed by atoms with van der Waals surface area (Å²) in [6.07, 6.45) is 0. The Morgan fingerprint density at radius 3 is 2.69 bits per heavy atom. The fourth-order valence-electron chi connectivity index (χ4n) is 1.59. The molecule has 1 saturated heterocycles. The average Bonchev–Trinajstić information content (AvgIpc) is 2.74. The fraction of sp³-hybridized carbons (Fsp3) is 0.364. The first-order valence-corrected chi connectivity index (χ1v) is 6.02. The Labute approximate surface area is 98.5 Å². The van der Waals surface area contributed by atoms with Gasteiger partial charge in [0.2, 0.25) is 5.91 Å². The molecule has 1 aliphatic rings. The van der Waals surface area contributed by atoms with Gasteiger partial charge in [0, 0.05) is 6.07 Å². The molecule has 1 aliphatic heterocycles. The van der Waals surface area contributed by atoms with Gasteiger partial charge in [0.25, 0.3) is 0 Å². The molecule has 16 heavy (non-hydrogen) atoms. The minimum absolute atomic E-state index is 0.119. The number of carbonyl (C=O) groups is 1. The van der Waals surface area contributed by atoms with Gasteiger partial charge < -0.3 is 9.47 Å². The average molecular weight is 239 g/mol. The molecule has 1 aromatic carbocycles. The Morgan fingerprint density at radius 2 is 2.12 bits per heavy atom. The molecule has 0 unspecified atom stereocenters. The van der Waals surface area contributed by atoms with Crippen molar-refractivity contribution >= 4 is 23.4 Å². The quantitative estimate of drug-likeness (QED) is 0.805. The number of nitrogens with zero attached hydrogens (tertiary/aromatic N) is 1. The second kappa shape index (κ2) is 4.65. The second-order valence-electron chi connectivity index (χ2n) is 3.34. The van der Waals surface area contributed by atoms with Crippen LogP contribution in [0, 0.1) is 0 Å². The third-order valence-electron chi connectivity index (χ3n) is 2.42. The van der Waals surface area contributed by atoms with Gasteiger partial charge in [-0.15, -0.1) is 11.8 Å². The summed E-state index contributed by atoms with van der Waals surface area (Å²) < 4.78 is 10.4. The van der Waals surface area contributed by atoms with Crippen LogP contribution in [-0.4, -0.2) is 31.8 Å². The molecule has 2 rings (SSSR count). The van der Waals surface area contributed by atoms with Crippen LogP contribution in [0.2, 0.25) is 0 Å². The van der Waals surface area contributed by atoms with Crippen molar-refractivity contribution < 1.29 is 14.3 Å². The predicted molar refractivity (Wildman–Crippen MR) is 64.4 cm³/mol. The van der Waals surface area contributed by atoms with E-state index in [1.807, 2.05) is 12.1 Å². The van der Waals surface area contributed by atoms with E-state index in [0.29, 0.717) is 17.4 Å². The molecular formula is C11H13NO3S. The molecule has 1 amide bonds. The minimum Gasteiger partial charge on any atom is -0.497 e. The maximum Gasteiger partial charge on any atom is 0.237 e. The highest BCUT2D eigenvalue weighted by atomic mass is 32.2. The molecule has 0 aliphatic carbocycles. The molecule has 1 heterocycles. The van der Waals surface area contributed by atoms with Crippen LogP contribution in [0.4, 0.5) is 5.69 Å². The molecule has 0 spiro atoms. The number of hydrogen-bond acceptors (Lipinski definition) is 4. The highest BCUT2D eigenvalue weighted by molar-refractivity contribution is 8.00. The lowest BCUT2D eigenvalue weighted by molar-refractivity contribution is -0.115. The summed E-state index contributed by atoms with van der Waals surface area (Å²) in [5.74, 6) is 2.72. The molecule has 0 atom stereocenters. The molecule has 1 fully saturated rings. The fourth-order valence-corrected chi connectivity index (χ4v) is 2.47. The van der Waals surface area contributed by atoms with E-state index in [0.717, 1.165) is 11.4 Å². The van der Waals surface area contributed by atoms with Crippen LogP contribution in [0.25, 0.3) is 0 Å². The van der Waals surface area contributed by atoms with Gasteiger partial charge in [0.15, 0.2) is 0 Å². The van der Waals surface area contributed by atoms with E-state index in [1.54, 1.807) is 36.9 Å². The van der Waals surface area contributed by atoms with E-state index in [2.05, 4.69) is 0 Å². The maximum atomic E-state index is 11.6. The summed E-state index contributed by atoms with van der Waals surface area (Å²) in [5.41, 5.74) is 0.804. The van der Waals surface area contributed by atoms with Crippen molar-refractivity contribution in [2.24, 2.45) is 0 Å². The second-order valence-corrected chi connectivity index (χ2v) is 4.29. The summed E-state index contributed by atoms with van der Waals surface area (Å²) >= 11 is 1.60. The van der Waals surface area contributed by atoms with E-state index < -0.39 is 0 Å². The molecule has 5 heteroatoms. The topological polar surface area (TPSA) is 38.8 Å². The van der Waals surface area contributed by atoms with Crippen LogP contribution < -0.4 is 14.4 Å². The number of benzene rings is 1. The van der Waals surface area contributed by atoms with E-state index in [-0.39, 0.29) is 5.91 Å². The molecular weight excluding hydrogens is 226 g/mol. The highest BCUT2D eigenvalue weighted by Crippen LogP contribution is 2.35. The van der Waals surface area contributed by atoms with Crippen LogP contribution in [0.3, 0.4) is 0 Å². The molecule has 4 nitrogen and oxygen atoms in total. The van der Waals surface area contributed by atoms with E-state index in [9.17, 15) is 4.79 Å². The number of carbonyl (C=O) groups excluding carboxylic acids is 1. The van der Waals surface area contributed by atoms with Crippen molar-refractivity contribution in [2.75, 3.05) is 30.7 Å². The van der Waals surface area contributed by atoms with E-state index in [4.69, 9.17) is 9.47 Å². The molecule has 0 radical (unpaired) electrons. The van der Waals surface area contributed by atoms with Gasteiger partial charge in [-0.1, -0.05) is 0 Å². The third kappa shape index (κ3) is 1.95. The zero-order valence-corrected chi connectivity index (χ0v) is 10.0. The molecule has 0 saturated carbocycles. The van der Waals surface area contributed by atoms with Crippen molar-refractivity contribution in [1.29, 1.82) is 0 Å². The van der Waals surface area contributed by atoms with Crippen molar-refractivity contribution in [3.8, 4) is 11.5 Å². The summed E-state index contributed by atoms with van der Waals surface area (Å²) in [7, 11) is 3.19. The Morgan fingerprint density at radius 1 is 1.31 bits per heavy atom. The smallest absolute Gasteiger partial charge is 0.237 e. The largest absolute Gasteiger partial charge is 0.497 e. The standard InChI is InChI=1S/C11H13NO3S/c1-14-8-3-4-9(10(5-8)15-2)12-7-16-6-11(12)13/h3-5H,6-7H2,1-2H3. The van der Waals surface area contributed by atoms with Crippen LogP contribution in [0.5, 0.6) is 11.5 Å². The molecule has 1 aromatic rings. The van der Waals surface area contributed by atoms with Gasteiger partial charge in [0.1, 0.15) is 11.5 Å². The lowest BCUT2D eigenvalue weighted by Crippen LogP contribution is -2.25. The maximum absolute atomic E-state index is 11.6. The summed E-state index contributed by atoms with van der Waals surface area (Å²) in [4.78, 5) is 13.3. The van der Waals surface area contributed by atoms with Gasteiger partial charge in [-0.25, -0.2) is 0 Å². The lowest BCUT2D eigenvalue weighted by Gasteiger charge is -2.18. The molecule has 0 aromatic heterocycles. The van der Waals surface area contributed by atoms with Crippen molar-refractivity contribution in [2.45, 2.75) is 0 Å². The Hall–Kier alpha value is -1.36. The van der Waals surface area contributed by atoms with E-state index >= 15 is 0 Å². The number of rotatable bonds is 3. The van der Waals surface area contributed by atoms with Crippen molar-refractivity contribution in [1.82, 2.24) is 0 Å². The predicted octanol–water partition coefficient (Wildman–Crippen LogP) is 1.74. The number of ether oxygens (including phenoxy) is 2. The van der Waals surface area contributed by atoms with Crippen molar-refractivity contribution in [3.63, 3.8) is 0 Å². The summed E-state index contributed by atoms with van der Waals surface area (Å²) in [6, 6.07) is 5.46. The molecule has 0 N–H and O–H groups in total. The van der Waals surface area contributed by atoms with Gasteiger partial charge in [-0.2, -0.15) is 0 Å². The number of methoxy groups -OCH3 is 2. The third-order valence-corrected chi connectivity index (χ3v) is 3.32. The zero-order chi connectivity index (χ0) is 11.5. The van der Waals surface area contributed by atoms with Crippen LogP contribution in [-0.2, 0) is 4.79 Å². The molecule has 86 valence electrons. The number of anilines is 1. The Kier molecular flexibility index (Phi) is 3.24. The minimum atomic E-state index is 0.119. The number of amides is 1. The Balaban J connectivity index is 2.36. The van der Waals surface area contributed by atoms with Gasteiger partial charge in [-0.3, -0.25) is 9.69 Å². The zero-order valence-electron chi connectivity index (χ0n) is 9.23. The van der Waals surface area contributed by atoms with Gasteiger partial charge >= 0.3 is 0 Å². The summed E-state index contributed by atoms with van der Waals surface area (Å²) in [6.45, 7) is 0. The highest BCUT2D eigenvalue weighted by Gasteiger charge is 2.25. The van der Waals surface area contributed by atoms with E-state index in [1.165, 1.54) is 0 Å². The number of thioether (sulfide) groups is 1. The summed E-state index contributed by atoms with van der Waals surface area (Å²) in [5, 5.41) is 0. The van der Waals surface area contributed by atoms with Crippen LogP contribution in [0.15, 0.2) is 18.2 Å².